The second-order valence-corrected chi connectivity index (χ2v) is 5.18. The molecular weight excluding hydrogens is 302 g/mol. The van der Waals surface area contributed by atoms with E-state index in [-0.39, 0.29) is 5.91 Å². The van der Waals surface area contributed by atoms with Gasteiger partial charge in [0, 0.05) is 17.1 Å². The quantitative estimate of drug-likeness (QED) is 0.777. The largest absolute Gasteiger partial charge is 0.497 e. The molecule has 3 aromatic rings. The van der Waals surface area contributed by atoms with Gasteiger partial charge in [-0.2, -0.15) is 0 Å². The zero-order valence-electron chi connectivity index (χ0n) is 11.9. The van der Waals surface area contributed by atoms with Crippen LogP contribution in [-0.4, -0.2) is 23.0 Å². The first-order valence-electron chi connectivity index (χ1n) is 6.71. The van der Waals surface area contributed by atoms with Crippen molar-refractivity contribution in [2.45, 2.75) is 6.54 Å². The zero-order chi connectivity index (χ0) is 15.5. The van der Waals surface area contributed by atoms with E-state index in [1.807, 2.05) is 12.1 Å². The molecule has 112 valence electrons. The number of nitrogens with zero attached hydrogens (tertiary/aromatic N) is 1. The molecule has 2 N–H and O–H groups in total. The number of carbonyl (C=O) groups is 1. The monoisotopic (exact) mass is 315 g/mol. The summed E-state index contributed by atoms with van der Waals surface area (Å²) in [6.45, 7) is 0.350. The molecule has 0 unspecified atom stereocenters. The third-order valence-corrected chi connectivity index (χ3v) is 3.73. The average molecular weight is 316 g/mol. The lowest BCUT2D eigenvalue weighted by Crippen LogP contribution is -2.22. The second-order valence-electron chi connectivity index (χ2n) is 4.77. The number of aromatic amines is 1. The molecule has 0 saturated carbocycles. The van der Waals surface area contributed by atoms with Gasteiger partial charge >= 0.3 is 0 Å². The van der Waals surface area contributed by atoms with Crippen LogP contribution in [0.5, 0.6) is 5.75 Å². The van der Waals surface area contributed by atoms with E-state index in [4.69, 9.17) is 16.3 Å². The third-order valence-electron chi connectivity index (χ3n) is 3.38. The molecule has 0 aliphatic carbocycles. The highest BCUT2D eigenvalue weighted by Gasteiger charge is 2.09. The average Bonchev–Trinajstić information content (AvgIpc) is 3.00. The number of benzene rings is 2. The number of halogens is 1. The van der Waals surface area contributed by atoms with Crippen LogP contribution in [0.15, 0.2) is 42.7 Å². The van der Waals surface area contributed by atoms with Crippen LogP contribution in [-0.2, 0) is 6.54 Å². The van der Waals surface area contributed by atoms with Gasteiger partial charge in [0.1, 0.15) is 5.75 Å². The summed E-state index contributed by atoms with van der Waals surface area (Å²) in [4.78, 5) is 19.3. The maximum Gasteiger partial charge on any atom is 0.251 e. The Bertz CT molecular complexity index is 829. The van der Waals surface area contributed by atoms with Crippen LogP contribution in [0.1, 0.15) is 15.9 Å². The van der Waals surface area contributed by atoms with Gasteiger partial charge in [-0.05, 0) is 35.9 Å². The molecule has 5 nitrogen and oxygen atoms in total. The fourth-order valence-electron chi connectivity index (χ4n) is 2.15. The highest BCUT2D eigenvalue weighted by atomic mass is 35.5. The topological polar surface area (TPSA) is 67.0 Å². The number of rotatable bonds is 4. The van der Waals surface area contributed by atoms with Crippen molar-refractivity contribution in [1.29, 1.82) is 0 Å². The smallest absolute Gasteiger partial charge is 0.251 e. The Morgan fingerprint density at radius 1 is 1.32 bits per heavy atom. The minimum atomic E-state index is -0.164. The molecule has 0 atom stereocenters. The Morgan fingerprint density at radius 3 is 2.95 bits per heavy atom. The number of amides is 1. The van der Waals surface area contributed by atoms with Crippen LogP contribution < -0.4 is 10.1 Å². The van der Waals surface area contributed by atoms with E-state index in [0.717, 1.165) is 16.6 Å². The number of methoxy groups -OCH3 is 1. The van der Waals surface area contributed by atoms with E-state index in [0.29, 0.717) is 22.9 Å². The van der Waals surface area contributed by atoms with Gasteiger partial charge in [0.05, 0.1) is 24.5 Å². The number of H-pyrrole nitrogens is 1. The van der Waals surface area contributed by atoms with Crippen LogP contribution >= 0.6 is 11.6 Å². The first kappa shape index (κ1) is 14.4. The zero-order valence-corrected chi connectivity index (χ0v) is 12.6. The van der Waals surface area contributed by atoms with Crippen LogP contribution in [0.2, 0.25) is 5.02 Å². The molecule has 3 rings (SSSR count). The Kier molecular flexibility index (Phi) is 3.98. The van der Waals surface area contributed by atoms with Gasteiger partial charge in [-0.25, -0.2) is 4.98 Å². The van der Waals surface area contributed by atoms with Crippen LogP contribution in [0.25, 0.3) is 11.0 Å². The summed E-state index contributed by atoms with van der Waals surface area (Å²) in [6.07, 6.45) is 1.60. The number of imidazole rings is 1. The van der Waals surface area contributed by atoms with Crippen LogP contribution in [0.4, 0.5) is 0 Å². The number of hydrogen-bond donors (Lipinski definition) is 2. The van der Waals surface area contributed by atoms with Crippen molar-refractivity contribution < 1.29 is 9.53 Å². The van der Waals surface area contributed by atoms with Crippen molar-refractivity contribution in [3.8, 4) is 5.75 Å². The second kappa shape index (κ2) is 6.07. The molecule has 0 aliphatic heterocycles. The number of hydrogen-bond acceptors (Lipinski definition) is 3. The van der Waals surface area contributed by atoms with Crippen molar-refractivity contribution in [3.63, 3.8) is 0 Å². The van der Waals surface area contributed by atoms with E-state index < -0.39 is 0 Å². The molecule has 22 heavy (non-hydrogen) atoms. The number of ether oxygens (including phenoxy) is 1. The summed E-state index contributed by atoms with van der Waals surface area (Å²) < 4.78 is 5.10. The molecule has 0 bridgehead atoms. The van der Waals surface area contributed by atoms with Crippen molar-refractivity contribution in [2.24, 2.45) is 0 Å². The number of fused-ring (bicyclic) bond motifs is 1. The molecule has 2 aromatic carbocycles. The Balaban J connectivity index is 1.71. The summed E-state index contributed by atoms with van der Waals surface area (Å²) in [5, 5.41) is 3.41. The predicted molar refractivity (Wildman–Crippen MR) is 85.3 cm³/mol. The van der Waals surface area contributed by atoms with Gasteiger partial charge in [-0.3, -0.25) is 4.79 Å². The predicted octanol–water partition coefficient (Wildman–Crippen LogP) is 3.15. The van der Waals surface area contributed by atoms with E-state index in [1.165, 1.54) is 0 Å². The molecule has 1 heterocycles. The molecule has 1 amide bonds. The van der Waals surface area contributed by atoms with Gasteiger partial charge in [-0.15, -0.1) is 0 Å². The number of nitrogens with one attached hydrogen (secondary N) is 2. The normalized spacial score (nSPS) is 10.6. The molecule has 6 heteroatoms. The summed E-state index contributed by atoms with van der Waals surface area (Å²) >= 11 is 6.16. The fourth-order valence-corrected chi connectivity index (χ4v) is 2.39. The summed E-state index contributed by atoms with van der Waals surface area (Å²) in [5.74, 6) is 0.521. The minimum absolute atomic E-state index is 0.164. The molecule has 0 saturated heterocycles. The number of carbonyl (C=O) groups excluding carboxylic acids is 1. The van der Waals surface area contributed by atoms with Gasteiger partial charge in [0.2, 0.25) is 0 Å². The van der Waals surface area contributed by atoms with E-state index in [9.17, 15) is 4.79 Å². The summed E-state index contributed by atoms with van der Waals surface area (Å²) in [6, 6.07) is 10.7. The lowest BCUT2D eigenvalue weighted by Gasteiger charge is -2.08. The van der Waals surface area contributed by atoms with Gasteiger partial charge < -0.3 is 15.0 Å². The first-order valence-corrected chi connectivity index (χ1v) is 7.09. The fraction of sp³-hybridized carbons (Fsp3) is 0.125. The maximum absolute atomic E-state index is 12.2. The molecular formula is C16H14ClN3O2. The van der Waals surface area contributed by atoms with Crippen molar-refractivity contribution >= 4 is 28.5 Å². The van der Waals surface area contributed by atoms with E-state index in [1.54, 1.807) is 37.7 Å². The maximum atomic E-state index is 12.2. The Hall–Kier alpha value is -2.53. The highest BCUT2D eigenvalue weighted by Crippen LogP contribution is 2.22. The third kappa shape index (κ3) is 2.89. The highest BCUT2D eigenvalue weighted by molar-refractivity contribution is 6.31. The molecule has 0 aliphatic rings. The standard InChI is InChI=1S/C16H14ClN3O2/c1-22-12-4-2-11(13(17)7-12)8-18-16(21)10-3-5-14-15(6-10)20-9-19-14/h2-7,9H,8H2,1H3,(H,18,21)(H,19,20). The summed E-state index contributed by atoms with van der Waals surface area (Å²) in [5.41, 5.74) is 3.06. The number of aromatic nitrogens is 2. The van der Waals surface area contributed by atoms with Gasteiger partial charge in [0.15, 0.2) is 0 Å². The molecule has 0 spiro atoms. The van der Waals surface area contributed by atoms with Crippen LogP contribution in [0, 0.1) is 0 Å². The van der Waals surface area contributed by atoms with Crippen molar-refractivity contribution in [2.75, 3.05) is 7.11 Å². The van der Waals surface area contributed by atoms with Gasteiger partial charge in [-0.1, -0.05) is 17.7 Å². The Morgan fingerprint density at radius 2 is 2.18 bits per heavy atom. The van der Waals surface area contributed by atoms with Crippen molar-refractivity contribution in [1.82, 2.24) is 15.3 Å². The first-order chi connectivity index (χ1) is 10.7. The SMILES string of the molecule is COc1ccc(CNC(=O)c2ccc3nc[nH]c3c2)c(Cl)c1. The van der Waals surface area contributed by atoms with E-state index >= 15 is 0 Å². The summed E-state index contributed by atoms with van der Waals surface area (Å²) in [7, 11) is 1.58. The van der Waals surface area contributed by atoms with Crippen molar-refractivity contribution in [3.05, 3.63) is 58.9 Å². The van der Waals surface area contributed by atoms with Gasteiger partial charge in [0.25, 0.3) is 5.91 Å². The lowest BCUT2D eigenvalue weighted by atomic mass is 10.1. The van der Waals surface area contributed by atoms with Crippen LogP contribution in [0.3, 0.4) is 0 Å². The molecule has 1 aromatic heterocycles. The minimum Gasteiger partial charge on any atom is -0.497 e. The molecule has 0 radical (unpaired) electrons. The lowest BCUT2D eigenvalue weighted by molar-refractivity contribution is 0.0951. The molecule has 0 fully saturated rings. The Labute approximate surface area is 132 Å². The van der Waals surface area contributed by atoms with E-state index in [2.05, 4.69) is 15.3 Å².